The molecule has 15 heavy (non-hydrogen) atoms. The lowest BCUT2D eigenvalue weighted by Gasteiger charge is -2.29. The van der Waals surface area contributed by atoms with Gasteiger partial charge in [-0.15, -0.1) is 0 Å². The molecule has 4 heteroatoms. The van der Waals surface area contributed by atoms with Gasteiger partial charge in [0.15, 0.2) is 0 Å². The minimum Gasteiger partial charge on any atom is -0.237 e. The van der Waals surface area contributed by atoms with Crippen molar-refractivity contribution in [3.63, 3.8) is 0 Å². The van der Waals surface area contributed by atoms with Crippen molar-refractivity contribution < 1.29 is 4.39 Å². The lowest BCUT2D eigenvalue weighted by atomic mass is 10.1. The van der Waals surface area contributed by atoms with Crippen molar-refractivity contribution >= 4 is 27.9 Å². The van der Waals surface area contributed by atoms with Gasteiger partial charge in [-0.25, -0.2) is 8.70 Å². The lowest BCUT2D eigenvalue weighted by Crippen LogP contribution is -2.32. The third kappa shape index (κ3) is 2.08. The highest BCUT2D eigenvalue weighted by molar-refractivity contribution is 9.10. The minimum atomic E-state index is -0.120. The maximum atomic E-state index is 13.6. The van der Waals surface area contributed by atoms with Crippen LogP contribution >= 0.6 is 27.9 Å². The Kier molecular flexibility index (Phi) is 2.86. The van der Waals surface area contributed by atoms with E-state index in [1.165, 1.54) is 18.0 Å². The fourth-order valence-electron chi connectivity index (χ4n) is 1.48. The van der Waals surface area contributed by atoms with Gasteiger partial charge in [-0.1, -0.05) is 15.9 Å². The Balaban J connectivity index is 2.39. The molecule has 1 aromatic carbocycles. The summed E-state index contributed by atoms with van der Waals surface area (Å²) in [6.07, 6.45) is 0. The third-order valence-electron chi connectivity index (χ3n) is 2.41. The molecule has 2 rings (SSSR count). The fourth-order valence-corrected chi connectivity index (χ4v) is 3.20. The molecular formula is C11H13BrFNS. The van der Waals surface area contributed by atoms with Crippen molar-refractivity contribution in [2.45, 2.75) is 37.8 Å². The van der Waals surface area contributed by atoms with Crippen LogP contribution in [0.1, 0.15) is 26.3 Å². The van der Waals surface area contributed by atoms with Crippen LogP contribution in [-0.4, -0.2) is 9.84 Å². The van der Waals surface area contributed by atoms with E-state index in [1.54, 1.807) is 6.07 Å². The first kappa shape index (κ1) is 11.4. The van der Waals surface area contributed by atoms with E-state index >= 15 is 0 Å². The highest BCUT2D eigenvalue weighted by Gasteiger charge is 2.32. The van der Waals surface area contributed by atoms with E-state index in [2.05, 4.69) is 41.0 Å². The van der Waals surface area contributed by atoms with E-state index in [-0.39, 0.29) is 11.4 Å². The topological polar surface area (TPSA) is 3.24 Å². The van der Waals surface area contributed by atoms with Crippen LogP contribution in [-0.2, 0) is 6.54 Å². The zero-order chi connectivity index (χ0) is 11.2. The molecule has 0 fully saturated rings. The number of halogens is 2. The average Bonchev–Trinajstić information content (AvgIpc) is 2.56. The number of fused-ring (bicyclic) bond motifs is 1. The van der Waals surface area contributed by atoms with Gasteiger partial charge in [-0.05, 0) is 50.4 Å². The van der Waals surface area contributed by atoms with Crippen molar-refractivity contribution in [2.75, 3.05) is 0 Å². The Bertz CT molecular complexity index is 369. The fraction of sp³-hybridized carbons (Fsp3) is 0.455. The summed E-state index contributed by atoms with van der Waals surface area (Å²) >= 11 is 4.98. The van der Waals surface area contributed by atoms with Crippen LogP contribution in [0.25, 0.3) is 0 Å². The van der Waals surface area contributed by atoms with Crippen LogP contribution in [0, 0.1) is 5.82 Å². The Morgan fingerprint density at radius 3 is 2.60 bits per heavy atom. The summed E-state index contributed by atoms with van der Waals surface area (Å²) in [6, 6.07) is 3.29. The van der Waals surface area contributed by atoms with Crippen LogP contribution in [0.3, 0.4) is 0 Å². The van der Waals surface area contributed by atoms with Gasteiger partial charge in [0.25, 0.3) is 0 Å². The highest BCUT2D eigenvalue weighted by Crippen LogP contribution is 2.44. The molecule has 1 heterocycles. The van der Waals surface area contributed by atoms with E-state index < -0.39 is 0 Å². The number of rotatable bonds is 0. The molecule has 0 amide bonds. The molecule has 0 unspecified atom stereocenters. The standard InChI is InChI=1S/C11H13BrFNS/c1-11(2,3)14-6-7-8(12)4-5-9(13)10(7)15-14/h4-5H,6H2,1-3H3. The number of benzene rings is 1. The second kappa shape index (κ2) is 3.75. The zero-order valence-electron chi connectivity index (χ0n) is 8.97. The Morgan fingerprint density at radius 1 is 1.40 bits per heavy atom. The van der Waals surface area contributed by atoms with E-state index in [0.717, 1.165) is 21.5 Å². The lowest BCUT2D eigenvalue weighted by molar-refractivity contribution is 0.274. The summed E-state index contributed by atoms with van der Waals surface area (Å²) in [5, 5.41) is 0. The SMILES string of the molecule is CC(C)(C)N1Cc2c(Br)ccc(F)c2S1. The van der Waals surface area contributed by atoms with Gasteiger partial charge in [0.1, 0.15) is 5.82 Å². The number of hydrogen-bond acceptors (Lipinski definition) is 2. The molecule has 0 saturated carbocycles. The molecule has 0 aliphatic carbocycles. The van der Waals surface area contributed by atoms with Crippen molar-refractivity contribution in [3.8, 4) is 0 Å². The molecule has 0 bridgehead atoms. The molecule has 0 spiro atoms. The van der Waals surface area contributed by atoms with E-state index in [4.69, 9.17) is 0 Å². The monoisotopic (exact) mass is 289 g/mol. The van der Waals surface area contributed by atoms with Gasteiger partial charge >= 0.3 is 0 Å². The molecule has 0 aromatic heterocycles. The maximum absolute atomic E-state index is 13.6. The Hall–Kier alpha value is -0.0600. The van der Waals surface area contributed by atoms with Gasteiger partial charge in [-0.3, -0.25) is 0 Å². The van der Waals surface area contributed by atoms with Gasteiger partial charge in [-0.2, -0.15) is 0 Å². The first-order chi connectivity index (χ1) is 6.89. The molecule has 0 N–H and O–H groups in total. The molecule has 1 aromatic rings. The van der Waals surface area contributed by atoms with Crippen molar-refractivity contribution in [1.82, 2.24) is 4.31 Å². The van der Waals surface area contributed by atoms with Crippen LogP contribution in [0.4, 0.5) is 4.39 Å². The van der Waals surface area contributed by atoms with Crippen LogP contribution < -0.4 is 0 Å². The normalized spacial score (nSPS) is 16.9. The Labute approximate surface area is 102 Å². The highest BCUT2D eigenvalue weighted by atomic mass is 79.9. The first-order valence-electron chi connectivity index (χ1n) is 4.82. The third-order valence-corrected chi connectivity index (χ3v) is 4.67. The molecule has 1 aliphatic heterocycles. The summed E-state index contributed by atoms with van der Waals surface area (Å²) < 4.78 is 16.8. The number of hydrogen-bond donors (Lipinski definition) is 0. The van der Waals surface area contributed by atoms with Crippen LogP contribution in [0.2, 0.25) is 0 Å². The first-order valence-corrected chi connectivity index (χ1v) is 6.39. The summed E-state index contributed by atoms with van der Waals surface area (Å²) in [6.45, 7) is 7.20. The van der Waals surface area contributed by atoms with Crippen molar-refractivity contribution in [1.29, 1.82) is 0 Å². The molecule has 82 valence electrons. The zero-order valence-corrected chi connectivity index (χ0v) is 11.4. The molecule has 1 nitrogen and oxygen atoms in total. The predicted molar refractivity (Wildman–Crippen MR) is 65.3 cm³/mol. The second-order valence-corrected chi connectivity index (χ2v) is 6.52. The molecular weight excluding hydrogens is 277 g/mol. The van der Waals surface area contributed by atoms with E-state index in [1.807, 2.05) is 0 Å². The summed E-state index contributed by atoms with van der Waals surface area (Å²) in [5.74, 6) is -0.120. The van der Waals surface area contributed by atoms with Crippen LogP contribution in [0.15, 0.2) is 21.5 Å². The average molecular weight is 290 g/mol. The van der Waals surface area contributed by atoms with Gasteiger partial charge < -0.3 is 0 Å². The van der Waals surface area contributed by atoms with E-state index in [9.17, 15) is 4.39 Å². The minimum absolute atomic E-state index is 0.0512. The molecule has 0 saturated heterocycles. The van der Waals surface area contributed by atoms with Gasteiger partial charge in [0.05, 0.1) is 4.90 Å². The van der Waals surface area contributed by atoms with Gasteiger partial charge in [0, 0.05) is 16.6 Å². The summed E-state index contributed by atoms with van der Waals surface area (Å²) in [4.78, 5) is 0.763. The second-order valence-electron chi connectivity index (χ2n) is 4.64. The van der Waals surface area contributed by atoms with Crippen LogP contribution in [0.5, 0.6) is 0 Å². The summed E-state index contributed by atoms with van der Waals surface area (Å²) in [5.41, 5.74) is 1.12. The summed E-state index contributed by atoms with van der Waals surface area (Å²) in [7, 11) is 0. The maximum Gasteiger partial charge on any atom is 0.138 e. The smallest absolute Gasteiger partial charge is 0.138 e. The molecule has 0 atom stereocenters. The predicted octanol–water partition coefficient (Wildman–Crippen LogP) is 4.21. The Morgan fingerprint density at radius 2 is 2.07 bits per heavy atom. The quantitative estimate of drug-likeness (QED) is 0.658. The van der Waals surface area contributed by atoms with E-state index in [0.29, 0.717) is 0 Å². The van der Waals surface area contributed by atoms with Crippen molar-refractivity contribution in [2.24, 2.45) is 0 Å². The van der Waals surface area contributed by atoms with Crippen molar-refractivity contribution in [3.05, 3.63) is 28.0 Å². The number of nitrogens with zero attached hydrogens (tertiary/aromatic N) is 1. The molecule has 1 aliphatic rings. The largest absolute Gasteiger partial charge is 0.237 e. The van der Waals surface area contributed by atoms with Gasteiger partial charge in [0.2, 0.25) is 0 Å². The molecule has 0 radical (unpaired) electrons.